The van der Waals surface area contributed by atoms with Gasteiger partial charge in [0.2, 0.25) is 5.79 Å². The molecule has 5 rings (SSSR count). The van der Waals surface area contributed by atoms with Crippen molar-refractivity contribution in [3.05, 3.63) is 89.5 Å². The van der Waals surface area contributed by atoms with Gasteiger partial charge in [0.25, 0.3) is 30.4 Å². The standard InChI is InChI=1S/C30H34O12S3/c1-20-6-12-23(13-7-20)43(31,32)38-19-30-28(39-29(4,5)42-30)27(41-45(35,36)25-16-10-22(3)11-17-25)26(18-37-30)40-44(33,34)24-14-8-21(2)9-15-24/h6-17,26-28H,18-19H2,1-5H3. The average molecular weight is 683 g/mol. The van der Waals surface area contributed by atoms with Gasteiger partial charge in [-0.1, -0.05) is 53.1 Å². The molecule has 2 aliphatic heterocycles. The molecule has 244 valence electrons. The molecule has 0 N–H and O–H groups in total. The Hall–Kier alpha value is -2.73. The third-order valence-corrected chi connectivity index (χ3v) is 11.2. The van der Waals surface area contributed by atoms with Gasteiger partial charge < -0.3 is 14.2 Å². The maximum atomic E-state index is 13.5. The number of aryl methyl sites for hydroxylation is 3. The molecule has 4 atom stereocenters. The van der Waals surface area contributed by atoms with Gasteiger partial charge in [0.15, 0.2) is 5.79 Å². The fraction of sp³-hybridized carbons (Fsp3) is 0.400. The van der Waals surface area contributed by atoms with Crippen molar-refractivity contribution in [2.24, 2.45) is 0 Å². The summed E-state index contributed by atoms with van der Waals surface area (Å²) in [5, 5.41) is 0. The second-order valence-electron chi connectivity index (χ2n) is 11.4. The van der Waals surface area contributed by atoms with Crippen LogP contribution in [0.1, 0.15) is 30.5 Å². The molecule has 0 spiro atoms. The van der Waals surface area contributed by atoms with Crippen LogP contribution in [0.3, 0.4) is 0 Å². The van der Waals surface area contributed by atoms with Crippen LogP contribution in [0.15, 0.2) is 87.5 Å². The highest BCUT2D eigenvalue weighted by Gasteiger charge is 2.64. The van der Waals surface area contributed by atoms with Gasteiger partial charge in [-0.05, 0) is 71.0 Å². The first kappa shape index (κ1) is 33.6. The quantitative estimate of drug-likeness (QED) is 0.286. The molecule has 0 aliphatic carbocycles. The number of fused-ring (bicyclic) bond motifs is 1. The molecule has 4 unspecified atom stereocenters. The third kappa shape index (κ3) is 7.32. The van der Waals surface area contributed by atoms with Crippen LogP contribution in [0, 0.1) is 20.8 Å². The topological polar surface area (TPSA) is 158 Å². The van der Waals surface area contributed by atoms with Gasteiger partial charge in [-0.2, -0.15) is 25.3 Å². The SMILES string of the molecule is Cc1ccc(S(=O)(=O)OCC23OCC(OS(=O)(=O)c4ccc(C)cc4)C(OS(=O)(=O)c4ccc(C)cc4)C2OC(C)(C)O3)cc1. The van der Waals surface area contributed by atoms with Crippen molar-refractivity contribution in [2.75, 3.05) is 13.2 Å². The van der Waals surface area contributed by atoms with Crippen LogP contribution in [0.2, 0.25) is 0 Å². The molecule has 2 aliphatic rings. The van der Waals surface area contributed by atoms with Crippen molar-refractivity contribution < 1.29 is 52.0 Å². The normalized spacial score (nSPS) is 25.1. The summed E-state index contributed by atoms with van der Waals surface area (Å²) in [7, 11) is -13.4. The van der Waals surface area contributed by atoms with Gasteiger partial charge in [-0.3, -0.25) is 12.5 Å². The van der Waals surface area contributed by atoms with Crippen LogP contribution in [-0.4, -0.2) is 68.4 Å². The minimum Gasteiger partial charge on any atom is -0.343 e. The lowest BCUT2D eigenvalue weighted by atomic mass is 9.97. The Bertz CT molecular complexity index is 1850. The Labute approximate surface area is 263 Å². The van der Waals surface area contributed by atoms with Crippen LogP contribution >= 0.6 is 0 Å². The minimum absolute atomic E-state index is 0.129. The molecule has 15 heteroatoms. The Balaban J connectivity index is 1.51. The van der Waals surface area contributed by atoms with Gasteiger partial charge in [0.05, 0.1) is 21.3 Å². The first-order valence-electron chi connectivity index (χ1n) is 13.9. The molecule has 3 aromatic rings. The van der Waals surface area contributed by atoms with Crippen molar-refractivity contribution in [3.8, 4) is 0 Å². The fourth-order valence-corrected chi connectivity index (χ4v) is 8.04. The third-order valence-electron chi connectivity index (χ3n) is 7.25. The molecule has 3 aromatic carbocycles. The van der Waals surface area contributed by atoms with Gasteiger partial charge in [0.1, 0.15) is 24.9 Å². The van der Waals surface area contributed by atoms with Crippen LogP contribution in [0.25, 0.3) is 0 Å². The maximum absolute atomic E-state index is 13.5. The smallest absolute Gasteiger partial charge is 0.297 e. The monoisotopic (exact) mass is 682 g/mol. The summed E-state index contributed by atoms with van der Waals surface area (Å²) >= 11 is 0. The van der Waals surface area contributed by atoms with Crippen molar-refractivity contribution in [3.63, 3.8) is 0 Å². The molecule has 0 amide bonds. The van der Waals surface area contributed by atoms with E-state index in [0.29, 0.717) is 0 Å². The molecule has 2 fully saturated rings. The van der Waals surface area contributed by atoms with Gasteiger partial charge in [-0.15, -0.1) is 0 Å². The van der Waals surface area contributed by atoms with Crippen LogP contribution in [-0.2, 0) is 57.1 Å². The largest absolute Gasteiger partial charge is 0.343 e. The highest BCUT2D eigenvalue weighted by molar-refractivity contribution is 7.87. The summed E-state index contributed by atoms with van der Waals surface area (Å²) in [6.45, 7) is 6.98. The number of hydrogen-bond donors (Lipinski definition) is 0. The lowest BCUT2D eigenvalue weighted by Gasteiger charge is -2.42. The Morgan fingerprint density at radius 3 is 1.56 bits per heavy atom. The molecule has 2 saturated heterocycles. The second-order valence-corrected chi connectivity index (χ2v) is 16.2. The van der Waals surface area contributed by atoms with E-state index in [1.165, 1.54) is 50.2 Å². The summed E-state index contributed by atoms with van der Waals surface area (Å²) < 4.78 is 114. The van der Waals surface area contributed by atoms with Crippen LogP contribution < -0.4 is 0 Å². The molecule has 0 aromatic heterocycles. The summed E-state index contributed by atoms with van der Waals surface area (Å²) in [4.78, 5) is -0.515. The minimum atomic E-state index is -4.55. The molecule has 2 heterocycles. The molecule has 12 nitrogen and oxygen atoms in total. The molecule has 45 heavy (non-hydrogen) atoms. The number of rotatable bonds is 10. The summed E-state index contributed by atoms with van der Waals surface area (Å²) in [5.41, 5.74) is 2.44. The zero-order valence-corrected chi connectivity index (χ0v) is 27.6. The van der Waals surface area contributed by atoms with Crippen molar-refractivity contribution in [2.45, 2.75) is 79.2 Å². The lowest BCUT2D eigenvalue weighted by molar-refractivity contribution is -0.295. The van der Waals surface area contributed by atoms with E-state index in [9.17, 15) is 25.3 Å². The Kier molecular flexibility index (Phi) is 9.07. The predicted octanol–water partition coefficient (Wildman–Crippen LogP) is 3.74. The molecule has 0 radical (unpaired) electrons. The molecular weight excluding hydrogens is 649 g/mol. The van der Waals surface area contributed by atoms with E-state index in [0.717, 1.165) is 16.7 Å². The van der Waals surface area contributed by atoms with Crippen LogP contribution in [0.4, 0.5) is 0 Å². The highest BCUT2D eigenvalue weighted by Crippen LogP contribution is 2.45. The number of benzene rings is 3. The molecule has 0 bridgehead atoms. The molecule has 0 saturated carbocycles. The average Bonchev–Trinajstić information content (AvgIpc) is 3.25. The summed E-state index contributed by atoms with van der Waals surface area (Å²) in [5.74, 6) is -3.51. The fourth-order valence-electron chi connectivity index (χ4n) is 4.95. The first-order chi connectivity index (χ1) is 20.9. The second kappa shape index (κ2) is 12.1. The van der Waals surface area contributed by atoms with Crippen molar-refractivity contribution >= 4 is 30.4 Å². The maximum Gasteiger partial charge on any atom is 0.297 e. The van der Waals surface area contributed by atoms with Crippen molar-refractivity contribution in [1.29, 1.82) is 0 Å². The Morgan fingerprint density at radius 1 is 0.667 bits per heavy atom. The van der Waals surface area contributed by atoms with Crippen molar-refractivity contribution in [1.82, 2.24) is 0 Å². The Morgan fingerprint density at radius 2 is 1.09 bits per heavy atom. The number of hydrogen-bond acceptors (Lipinski definition) is 12. The molecular formula is C30H34O12S3. The first-order valence-corrected chi connectivity index (χ1v) is 18.1. The van der Waals surface area contributed by atoms with E-state index in [1.807, 2.05) is 0 Å². The predicted molar refractivity (Wildman–Crippen MR) is 160 cm³/mol. The van der Waals surface area contributed by atoms with E-state index in [1.54, 1.807) is 57.2 Å². The highest BCUT2D eigenvalue weighted by atomic mass is 32.2. The van der Waals surface area contributed by atoms with E-state index in [-0.39, 0.29) is 14.7 Å². The van der Waals surface area contributed by atoms with E-state index in [4.69, 9.17) is 26.8 Å². The van der Waals surface area contributed by atoms with Gasteiger partial charge in [-0.25, -0.2) is 0 Å². The summed E-state index contributed by atoms with van der Waals surface area (Å²) in [6.07, 6.45) is -4.80. The van der Waals surface area contributed by atoms with E-state index >= 15 is 0 Å². The number of ether oxygens (including phenoxy) is 3. The lowest BCUT2D eigenvalue weighted by Crippen LogP contribution is -2.63. The van der Waals surface area contributed by atoms with E-state index < -0.39 is 73.5 Å². The van der Waals surface area contributed by atoms with Gasteiger partial charge >= 0.3 is 0 Å². The zero-order valence-electron chi connectivity index (χ0n) is 25.2. The zero-order chi connectivity index (χ0) is 32.8. The summed E-state index contributed by atoms with van der Waals surface area (Å²) in [6, 6.07) is 17.6. The van der Waals surface area contributed by atoms with E-state index in [2.05, 4.69) is 0 Å². The van der Waals surface area contributed by atoms with Gasteiger partial charge in [0, 0.05) is 0 Å². The van der Waals surface area contributed by atoms with Crippen LogP contribution in [0.5, 0.6) is 0 Å².